The van der Waals surface area contributed by atoms with Crippen molar-refractivity contribution in [2.75, 3.05) is 0 Å². The topological polar surface area (TPSA) is 91.8 Å². The van der Waals surface area contributed by atoms with Gasteiger partial charge in [-0.2, -0.15) is 26.3 Å². The minimum atomic E-state index is -6.38. The summed E-state index contributed by atoms with van der Waals surface area (Å²) in [6.45, 7) is 1.58. The Morgan fingerprint density at radius 1 is 0.867 bits per heavy atom. The van der Waals surface area contributed by atoms with E-state index in [-0.39, 0.29) is 67.0 Å². The van der Waals surface area contributed by atoms with Gasteiger partial charge in [-0.1, -0.05) is 18.2 Å². The van der Waals surface area contributed by atoms with Gasteiger partial charge < -0.3 is 10.0 Å². The Morgan fingerprint density at radius 2 is 1.42 bits per heavy atom. The SMILES string of the molecule is C[C@H]1CC2(S(=O)(=O)c3ccc(F)cc3)c3ccc(C(F)(C(F)(F)F)C(F)(F)F)cc3CCC2N1C(=O)[C@H]1CC[C@H](C(=O)O)CC1. The lowest BCUT2D eigenvalue weighted by molar-refractivity contribution is -0.348. The molecule has 3 aliphatic rings. The zero-order chi connectivity index (χ0) is 33.3. The number of sulfone groups is 1. The third-order valence-corrected chi connectivity index (χ3v) is 12.2. The summed E-state index contributed by atoms with van der Waals surface area (Å²) >= 11 is 0. The molecule has 15 heteroatoms. The number of likely N-dealkylation sites (tertiary alicyclic amines) is 1. The fraction of sp³-hybridized carbons (Fsp3) is 0.533. The van der Waals surface area contributed by atoms with Gasteiger partial charge in [-0.3, -0.25) is 9.59 Å². The van der Waals surface area contributed by atoms with Crippen LogP contribution in [0, 0.1) is 17.7 Å². The summed E-state index contributed by atoms with van der Waals surface area (Å²) in [6.07, 6.45) is -12.6. The molecule has 0 radical (unpaired) electrons. The van der Waals surface area contributed by atoms with Crippen LogP contribution in [0.2, 0.25) is 0 Å². The van der Waals surface area contributed by atoms with Crippen molar-refractivity contribution in [1.82, 2.24) is 4.90 Å². The minimum absolute atomic E-state index is 0.157. The molecule has 45 heavy (non-hydrogen) atoms. The average molecular weight is 668 g/mol. The predicted molar refractivity (Wildman–Crippen MR) is 143 cm³/mol. The molecule has 2 aromatic rings. The zero-order valence-corrected chi connectivity index (χ0v) is 24.6. The van der Waals surface area contributed by atoms with Crippen LogP contribution in [0.4, 0.5) is 35.1 Å². The van der Waals surface area contributed by atoms with Crippen LogP contribution in [-0.4, -0.2) is 54.7 Å². The maximum Gasteiger partial charge on any atom is 0.435 e. The normalized spacial score (nSPS) is 27.5. The fourth-order valence-corrected chi connectivity index (χ4v) is 9.96. The molecule has 6 nitrogen and oxygen atoms in total. The molecule has 1 amide bonds. The number of hydrogen-bond acceptors (Lipinski definition) is 4. The number of fused-ring (bicyclic) bond motifs is 3. The average Bonchev–Trinajstić information content (AvgIpc) is 3.28. The van der Waals surface area contributed by atoms with Crippen molar-refractivity contribution in [3.63, 3.8) is 0 Å². The minimum Gasteiger partial charge on any atom is -0.481 e. The van der Waals surface area contributed by atoms with Crippen LogP contribution < -0.4 is 0 Å². The van der Waals surface area contributed by atoms with Crippen molar-refractivity contribution in [3.05, 3.63) is 65.0 Å². The Bertz CT molecular complexity index is 1590. The van der Waals surface area contributed by atoms with E-state index in [1.54, 1.807) is 6.92 Å². The highest BCUT2D eigenvalue weighted by Gasteiger charge is 2.74. The third-order valence-electron chi connectivity index (χ3n) is 9.66. The Kier molecular flexibility index (Phi) is 8.06. The standard InChI is InChI=1S/C30H29F8NO5S/c1-16-15-27(45(43,44)22-10-8-21(31)9-11-22)23-12-7-20(28(32,29(33,34)35)30(36,37)38)14-19(23)6-13-24(27)39(16)25(40)17-2-4-18(5-3-17)26(41)42/h7-12,14,16-18,24H,2-6,13,15H2,1H3,(H,41,42)/t16-,17-,18-,24?,27?/m0/s1. The Hall–Kier alpha value is -3.23. The molecule has 1 saturated carbocycles. The summed E-state index contributed by atoms with van der Waals surface area (Å²) in [6, 6.07) is 3.31. The molecule has 2 unspecified atom stereocenters. The quantitative estimate of drug-likeness (QED) is 0.286. The van der Waals surface area contributed by atoms with Crippen LogP contribution in [-0.2, 0) is 36.3 Å². The molecule has 1 heterocycles. The summed E-state index contributed by atoms with van der Waals surface area (Å²) in [5.74, 6) is -3.43. The first-order valence-electron chi connectivity index (χ1n) is 14.3. The predicted octanol–water partition coefficient (Wildman–Crippen LogP) is 6.61. The summed E-state index contributed by atoms with van der Waals surface area (Å²) in [5, 5.41) is 9.34. The molecule has 1 N–H and O–H groups in total. The molecule has 2 fully saturated rings. The van der Waals surface area contributed by atoms with Crippen molar-refractivity contribution < 1.29 is 58.2 Å². The van der Waals surface area contributed by atoms with Crippen LogP contribution in [0.3, 0.4) is 0 Å². The number of amides is 1. The number of hydrogen-bond donors (Lipinski definition) is 1. The number of benzene rings is 2. The maximum absolute atomic E-state index is 15.0. The summed E-state index contributed by atoms with van der Waals surface area (Å²) < 4.78 is 137. The number of rotatable bonds is 5. The zero-order valence-electron chi connectivity index (χ0n) is 23.8. The van der Waals surface area contributed by atoms with Crippen molar-refractivity contribution in [3.8, 4) is 0 Å². The van der Waals surface area contributed by atoms with Gasteiger partial charge in [-0.05, 0) is 87.3 Å². The van der Waals surface area contributed by atoms with Crippen molar-refractivity contribution in [1.29, 1.82) is 0 Å². The number of carbonyl (C=O) groups is 2. The van der Waals surface area contributed by atoms with E-state index in [1.807, 2.05) is 0 Å². The molecule has 246 valence electrons. The van der Waals surface area contributed by atoms with Crippen molar-refractivity contribution >= 4 is 21.7 Å². The fourth-order valence-electron chi connectivity index (χ4n) is 7.50. The number of nitrogens with zero attached hydrogens (tertiary/aromatic N) is 1. The van der Waals surface area contributed by atoms with Gasteiger partial charge in [-0.25, -0.2) is 17.2 Å². The van der Waals surface area contributed by atoms with E-state index >= 15 is 4.39 Å². The number of aryl methyl sites for hydroxylation is 1. The van der Waals surface area contributed by atoms with E-state index in [0.29, 0.717) is 6.07 Å². The van der Waals surface area contributed by atoms with Crippen LogP contribution in [0.25, 0.3) is 0 Å². The van der Waals surface area contributed by atoms with Gasteiger partial charge in [-0.15, -0.1) is 0 Å². The number of alkyl halides is 7. The Morgan fingerprint density at radius 3 is 1.96 bits per heavy atom. The van der Waals surface area contributed by atoms with Crippen molar-refractivity contribution in [2.45, 2.75) is 91.6 Å². The van der Waals surface area contributed by atoms with E-state index < -0.39 is 79.8 Å². The molecule has 5 rings (SSSR count). The van der Waals surface area contributed by atoms with E-state index in [4.69, 9.17) is 0 Å². The number of halogens is 8. The van der Waals surface area contributed by atoms with Gasteiger partial charge >= 0.3 is 24.0 Å². The van der Waals surface area contributed by atoms with Gasteiger partial charge in [0.2, 0.25) is 5.91 Å². The van der Waals surface area contributed by atoms with Gasteiger partial charge in [0.25, 0.3) is 0 Å². The second kappa shape index (κ2) is 10.9. The molecule has 0 spiro atoms. The molecule has 2 aliphatic carbocycles. The molecule has 2 aromatic carbocycles. The van der Waals surface area contributed by atoms with Crippen LogP contribution in [0.1, 0.15) is 62.1 Å². The second-order valence-corrected chi connectivity index (χ2v) is 14.3. The van der Waals surface area contributed by atoms with Crippen LogP contribution in [0.5, 0.6) is 0 Å². The number of carbonyl (C=O) groups excluding carboxylic acids is 1. The molecule has 1 saturated heterocycles. The van der Waals surface area contributed by atoms with Crippen LogP contribution >= 0.6 is 0 Å². The smallest absolute Gasteiger partial charge is 0.435 e. The Balaban J connectivity index is 1.65. The van der Waals surface area contributed by atoms with Crippen LogP contribution in [0.15, 0.2) is 47.4 Å². The first-order chi connectivity index (χ1) is 20.8. The largest absolute Gasteiger partial charge is 0.481 e. The summed E-state index contributed by atoms with van der Waals surface area (Å²) in [5.41, 5.74) is -7.87. The first-order valence-corrected chi connectivity index (χ1v) is 15.8. The lowest BCUT2D eigenvalue weighted by Crippen LogP contribution is -2.54. The van der Waals surface area contributed by atoms with Gasteiger partial charge in [0.05, 0.1) is 16.9 Å². The van der Waals surface area contributed by atoms with E-state index in [1.165, 1.54) is 4.90 Å². The van der Waals surface area contributed by atoms with Gasteiger partial charge in [0.1, 0.15) is 10.6 Å². The lowest BCUT2D eigenvalue weighted by Gasteiger charge is -2.44. The molecular formula is C30H29F8NO5S. The molecule has 1 aliphatic heterocycles. The second-order valence-electron chi connectivity index (χ2n) is 12.1. The highest BCUT2D eigenvalue weighted by atomic mass is 32.2. The summed E-state index contributed by atoms with van der Waals surface area (Å²) in [7, 11) is -4.62. The van der Waals surface area contributed by atoms with E-state index in [0.717, 1.165) is 30.3 Å². The molecule has 0 aromatic heterocycles. The van der Waals surface area contributed by atoms with Gasteiger partial charge in [0, 0.05) is 17.5 Å². The Labute approximate surface area is 253 Å². The highest BCUT2D eigenvalue weighted by Crippen LogP contribution is 2.58. The van der Waals surface area contributed by atoms with E-state index in [9.17, 15) is 53.8 Å². The lowest BCUT2D eigenvalue weighted by atomic mass is 9.76. The molecule has 3 atom stereocenters. The maximum atomic E-state index is 15.0. The highest BCUT2D eigenvalue weighted by molar-refractivity contribution is 7.92. The third kappa shape index (κ3) is 4.99. The number of carboxylic acids is 1. The summed E-state index contributed by atoms with van der Waals surface area (Å²) in [4.78, 5) is 26.4. The van der Waals surface area contributed by atoms with Crippen molar-refractivity contribution in [2.24, 2.45) is 11.8 Å². The number of carboxylic acid groups (broad SMARTS) is 1. The molecular weight excluding hydrogens is 638 g/mol. The first kappa shape index (κ1) is 33.1. The monoisotopic (exact) mass is 667 g/mol. The van der Waals surface area contributed by atoms with Gasteiger partial charge in [0.15, 0.2) is 9.84 Å². The van der Waals surface area contributed by atoms with E-state index in [2.05, 4.69) is 0 Å². The molecule has 0 bridgehead atoms. The number of aliphatic carboxylic acids is 1.